The number of fused-ring (bicyclic) bond motifs is 19. The Balaban J connectivity index is 0.955. The summed E-state index contributed by atoms with van der Waals surface area (Å²) in [4.78, 5) is 0. The third kappa shape index (κ3) is 4.64. The molecule has 1 aromatic heterocycles. The van der Waals surface area contributed by atoms with Crippen molar-refractivity contribution in [2.75, 3.05) is 0 Å². The maximum absolute atomic E-state index is 6.26. The molecule has 1 nitrogen and oxygen atoms in total. The summed E-state index contributed by atoms with van der Waals surface area (Å²) in [6.45, 7) is 0. The molecule has 12 aromatic carbocycles. The second kappa shape index (κ2) is 13.3. The van der Waals surface area contributed by atoms with E-state index >= 15 is 0 Å². The number of para-hydroxylation sites is 1. The molecule has 1 heterocycles. The predicted octanol–water partition coefficient (Wildman–Crippen LogP) is 17.5. The number of furan rings is 1. The van der Waals surface area contributed by atoms with Crippen LogP contribution in [0.3, 0.4) is 0 Å². The van der Waals surface area contributed by atoms with Gasteiger partial charge in [-0.25, -0.2) is 0 Å². The smallest absolute Gasteiger partial charge is 0.135 e. The van der Waals surface area contributed by atoms with Gasteiger partial charge in [-0.2, -0.15) is 0 Å². The second-order valence-electron chi connectivity index (χ2n) is 18.2. The Bertz CT molecular complexity index is 4120. The molecule has 0 N–H and O–H groups in total. The van der Waals surface area contributed by atoms with Crippen LogP contribution in [-0.4, -0.2) is 0 Å². The minimum Gasteiger partial charge on any atom is -0.456 e. The Kier molecular flexibility index (Phi) is 7.21. The fraction of sp³-hybridized carbons (Fsp3) is 0.0154. The summed E-state index contributed by atoms with van der Waals surface area (Å²) in [6.07, 6.45) is 0. The lowest BCUT2D eigenvalue weighted by Crippen LogP contribution is -2.26. The summed E-state index contributed by atoms with van der Waals surface area (Å²) < 4.78 is 6.26. The quantitative estimate of drug-likeness (QED) is 0.162. The SMILES string of the molecule is c1ccc2c(c1)-c1ccccc1C21c2cc(-c3ccc(-c4c5ccccc5c(-c5ccc6oc7ccccc7c6c5)c5ccccc45)cc3)c3ccccc3c2-c2ccc3ccccc3c21. The molecule has 13 aromatic rings. The lowest BCUT2D eigenvalue weighted by atomic mass is 9.69. The third-order valence-corrected chi connectivity index (χ3v) is 15.1. The molecule has 0 atom stereocenters. The van der Waals surface area contributed by atoms with Crippen molar-refractivity contribution < 1.29 is 4.42 Å². The number of hydrogen-bond donors (Lipinski definition) is 0. The van der Waals surface area contributed by atoms with Crippen molar-refractivity contribution in [3.05, 3.63) is 253 Å². The summed E-state index contributed by atoms with van der Waals surface area (Å²) in [5.41, 5.74) is 19.5. The number of rotatable bonds is 3. The van der Waals surface area contributed by atoms with Gasteiger partial charge in [0.1, 0.15) is 11.2 Å². The number of hydrogen-bond acceptors (Lipinski definition) is 1. The molecule has 0 saturated carbocycles. The topological polar surface area (TPSA) is 13.1 Å². The van der Waals surface area contributed by atoms with Crippen LogP contribution in [0, 0.1) is 0 Å². The Hall–Kier alpha value is -8.52. The summed E-state index contributed by atoms with van der Waals surface area (Å²) in [7, 11) is 0. The lowest BCUT2D eigenvalue weighted by Gasteiger charge is -2.32. The van der Waals surface area contributed by atoms with Crippen LogP contribution in [0.25, 0.3) is 121 Å². The van der Waals surface area contributed by atoms with Gasteiger partial charge in [0, 0.05) is 10.8 Å². The summed E-state index contributed by atoms with van der Waals surface area (Å²) in [6, 6.07) is 86.0. The first-order valence-corrected chi connectivity index (χ1v) is 23.0. The molecule has 0 unspecified atom stereocenters. The van der Waals surface area contributed by atoms with Gasteiger partial charge in [-0.1, -0.05) is 206 Å². The molecule has 2 aliphatic carbocycles. The Morgan fingerprint density at radius 3 is 1.41 bits per heavy atom. The molecule has 66 heavy (non-hydrogen) atoms. The summed E-state index contributed by atoms with van der Waals surface area (Å²) in [5, 5.41) is 12.4. The summed E-state index contributed by atoms with van der Waals surface area (Å²) >= 11 is 0. The van der Waals surface area contributed by atoms with E-state index in [0.29, 0.717) is 0 Å². The van der Waals surface area contributed by atoms with Gasteiger partial charge in [-0.3, -0.25) is 0 Å². The van der Waals surface area contributed by atoms with E-state index in [4.69, 9.17) is 4.42 Å². The maximum atomic E-state index is 6.26. The summed E-state index contributed by atoms with van der Waals surface area (Å²) in [5.74, 6) is 0. The van der Waals surface area contributed by atoms with Crippen LogP contribution in [0.4, 0.5) is 0 Å². The predicted molar refractivity (Wildman–Crippen MR) is 276 cm³/mol. The van der Waals surface area contributed by atoms with Crippen LogP contribution >= 0.6 is 0 Å². The van der Waals surface area contributed by atoms with E-state index in [2.05, 4.69) is 224 Å². The normalized spacial score (nSPS) is 13.3. The zero-order valence-electron chi connectivity index (χ0n) is 35.8. The van der Waals surface area contributed by atoms with E-state index in [1.54, 1.807) is 0 Å². The highest BCUT2D eigenvalue weighted by atomic mass is 16.3. The van der Waals surface area contributed by atoms with E-state index in [1.165, 1.54) is 121 Å². The van der Waals surface area contributed by atoms with Gasteiger partial charge in [0.05, 0.1) is 5.41 Å². The van der Waals surface area contributed by atoms with Crippen LogP contribution in [0.5, 0.6) is 0 Å². The van der Waals surface area contributed by atoms with E-state index in [1.807, 2.05) is 6.07 Å². The van der Waals surface area contributed by atoms with Crippen molar-refractivity contribution in [3.63, 3.8) is 0 Å². The first-order chi connectivity index (χ1) is 32.8. The largest absolute Gasteiger partial charge is 0.456 e. The van der Waals surface area contributed by atoms with E-state index in [0.717, 1.165) is 21.9 Å². The standard InChI is InChI=1S/C65H38O/c1-2-16-43-39(15-1)33-35-53-63-48-21-4-3-17-44(48)54(38-58(63)65(64(43)53)56-26-12-9-18-45(56)46-19-10-13-27-57(46)65)40-29-31-41(32-30-40)61-49-22-5-7-24-51(49)62(52-25-8-6-23-50(52)61)42-34-36-60-55(37-42)47-20-11-14-28-59(47)66-60/h1-38H. The van der Waals surface area contributed by atoms with Crippen molar-refractivity contribution in [1.82, 2.24) is 0 Å². The van der Waals surface area contributed by atoms with Gasteiger partial charge in [0.25, 0.3) is 0 Å². The molecular weight excluding hydrogens is 797 g/mol. The van der Waals surface area contributed by atoms with Gasteiger partial charge in [0.15, 0.2) is 0 Å². The highest BCUT2D eigenvalue weighted by Crippen LogP contribution is 2.65. The van der Waals surface area contributed by atoms with Crippen LogP contribution in [0.1, 0.15) is 22.3 Å². The molecule has 304 valence electrons. The monoisotopic (exact) mass is 834 g/mol. The molecule has 2 aliphatic rings. The molecule has 0 amide bonds. The van der Waals surface area contributed by atoms with Crippen molar-refractivity contribution in [1.29, 1.82) is 0 Å². The molecule has 1 spiro atoms. The molecule has 0 saturated heterocycles. The van der Waals surface area contributed by atoms with E-state index in [9.17, 15) is 0 Å². The van der Waals surface area contributed by atoms with Crippen molar-refractivity contribution in [3.8, 4) is 55.6 Å². The van der Waals surface area contributed by atoms with Crippen LogP contribution in [0.2, 0.25) is 0 Å². The maximum Gasteiger partial charge on any atom is 0.135 e. The second-order valence-corrected chi connectivity index (χ2v) is 18.2. The van der Waals surface area contributed by atoms with Gasteiger partial charge in [0.2, 0.25) is 0 Å². The van der Waals surface area contributed by atoms with E-state index < -0.39 is 5.41 Å². The highest BCUT2D eigenvalue weighted by Gasteiger charge is 2.53. The fourth-order valence-corrected chi connectivity index (χ4v) is 12.5. The average Bonchev–Trinajstić information content (AvgIpc) is 4.02. The molecular formula is C65H38O. The minimum atomic E-state index is -0.480. The lowest BCUT2D eigenvalue weighted by molar-refractivity contribution is 0.669. The average molecular weight is 835 g/mol. The Morgan fingerprint density at radius 1 is 0.258 bits per heavy atom. The molecule has 1 heteroatoms. The highest BCUT2D eigenvalue weighted by molar-refractivity contribution is 6.22. The van der Waals surface area contributed by atoms with Gasteiger partial charge in [-0.05, 0) is 145 Å². The Morgan fingerprint density at radius 2 is 0.742 bits per heavy atom. The van der Waals surface area contributed by atoms with Crippen LogP contribution in [-0.2, 0) is 5.41 Å². The molecule has 0 bridgehead atoms. The zero-order valence-corrected chi connectivity index (χ0v) is 35.8. The van der Waals surface area contributed by atoms with E-state index in [-0.39, 0.29) is 0 Å². The fourth-order valence-electron chi connectivity index (χ4n) is 12.5. The van der Waals surface area contributed by atoms with Crippen molar-refractivity contribution in [2.24, 2.45) is 0 Å². The third-order valence-electron chi connectivity index (χ3n) is 15.1. The zero-order chi connectivity index (χ0) is 43.1. The van der Waals surface area contributed by atoms with Crippen LogP contribution < -0.4 is 0 Å². The Labute approximate surface area is 381 Å². The van der Waals surface area contributed by atoms with Gasteiger partial charge >= 0.3 is 0 Å². The first kappa shape index (κ1) is 35.9. The molecule has 15 rings (SSSR count). The minimum absolute atomic E-state index is 0.480. The van der Waals surface area contributed by atoms with Gasteiger partial charge < -0.3 is 4.42 Å². The number of benzene rings is 12. The van der Waals surface area contributed by atoms with Gasteiger partial charge in [-0.15, -0.1) is 0 Å². The molecule has 0 radical (unpaired) electrons. The van der Waals surface area contributed by atoms with Crippen LogP contribution in [0.15, 0.2) is 235 Å². The molecule has 0 aliphatic heterocycles. The van der Waals surface area contributed by atoms with Crippen molar-refractivity contribution in [2.45, 2.75) is 5.41 Å². The molecule has 0 fully saturated rings. The first-order valence-electron chi connectivity index (χ1n) is 23.0. The van der Waals surface area contributed by atoms with Crippen molar-refractivity contribution >= 4 is 65.0 Å².